The van der Waals surface area contributed by atoms with Gasteiger partial charge < -0.3 is 20.9 Å². The van der Waals surface area contributed by atoms with Crippen molar-refractivity contribution in [3.63, 3.8) is 0 Å². The van der Waals surface area contributed by atoms with Crippen LogP contribution in [0.1, 0.15) is 42.5 Å². The second kappa shape index (κ2) is 7.14. The highest BCUT2D eigenvalue weighted by Gasteiger charge is 2.39. The van der Waals surface area contributed by atoms with Crippen LogP contribution in [0, 0.1) is 0 Å². The Morgan fingerprint density at radius 1 is 1.11 bits per heavy atom. The van der Waals surface area contributed by atoms with E-state index in [1.807, 2.05) is 18.3 Å². The molecule has 146 valence electrons. The minimum Gasteiger partial charge on any atom is -0.362 e. The van der Waals surface area contributed by atoms with Gasteiger partial charge in [-0.1, -0.05) is 18.0 Å². The summed E-state index contributed by atoms with van der Waals surface area (Å²) < 4.78 is 0. The Balaban J connectivity index is 0.00000192. The van der Waals surface area contributed by atoms with Crippen molar-refractivity contribution in [2.45, 2.75) is 37.8 Å². The van der Waals surface area contributed by atoms with E-state index in [9.17, 15) is 4.79 Å². The third-order valence-electron chi connectivity index (χ3n) is 5.37. The molecule has 1 saturated carbocycles. The van der Waals surface area contributed by atoms with E-state index in [1.165, 1.54) is 12.7 Å². The zero-order chi connectivity index (χ0) is 18.4. The average Bonchev–Trinajstić information content (AvgIpc) is 3.11. The highest BCUT2D eigenvalue weighted by molar-refractivity contribution is 6.35. The lowest BCUT2D eigenvalue weighted by molar-refractivity contribution is 0.0876. The van der Waals surface area contributed by atoms with E-state index in [4.69, 9.17) is 11.6 Å². The molecule has 2 aromatic heterocycles. The molecule has 28 heavy (non-hydrogen) atoms. The smallest absolute Gasteiger partial charge is 0.256 e. The largest absolute Gasteiger partial charge is 0.362 e. The number of aromatic amines is 1. The number of hydrogen-bond donors (Lipinski definition) is 4. The first kappa shape index (κ1) is 18.8. The Labute approximate surface area is 173 Å². The van der Waals surface area contributed by atoms with Crippen molar-refractivity contribution in [3.05, 3.63) is 41.3 Å². The molecule has 1 spiro atoms. The minimum absolute atomic E-state index is 0. The maximum absolute atomic E-state index is 12.7. The Bertz CT molecular complexity index is 1040. The van der Waals surface area contributed by atoms with Gasteiger partial charge in [0.15, 0.2) is 0 Å². The van der Waals surface area contributed by atoms with Crippen LogP contribution >= 0.6 is 24.0 Å². The zero-order valence-electron chi connectivity index (χ0n) is 15.0. The Hall–Kier alpha value is -2.51. The maximum atomic E-state index is 12.7. The van der Waals surface area contributed by atoms with Crippen LogP contribution in [0.3, 0.4) is 0 Å². The molecule has 0 unspecified atom stereocenters. The molecule has 3 heterocycles. The molecule has 0 radical (unpaired) electrons. The summed E-state index contributed by atoms with van der Waals surface area (Å²) in [5.41, 5.74) is 2.42. The second-order valence-corrected chi connectivity index (χ2v) is 7.60. The molecule has 2 aliphatic rings. The third-order valence-corrected chi connectivity index (χ3v) is 5.67. The SMILES string of the molecule is Cl.O=C1NC2(CCCCC2)Nc2cc(Nc3ncnc4[nH]ccc34)cc(Cl)c21. The van der Waals surface area contributed by atoms with Gasteiger partial charge in [-0.2, -0.15) is 0 Å². The highest BCUT2D eigenvalue weighted by atomic mass is 35.5. The van der Waals surface area contributed by atoms with E-state index in [-0.39, 0.29) is 24.0 Å². The van der Waals surface area contributed by atoms with Crippen molar-refractivity contribution in [3.8, 4) is 0 Å². The van der Waals surface area contributed by atoms with E-state index in [0.717, 1.165) is 48.1 Å². The molecule has 9 heteroatoms. The number of carbonyl (C=O) groups excluding carboxylic acids is 1. The van der Waals surface area contributed by atoms with Crippen molar-refractivity contribution < 1.29 is 4.79 Å². The van der Waals surface area contributed by atoms with Crippen molar-refractivity contribution in [1.29, 1.82) is 0 Å². The monoisotopic (exact) mass is 418 g/mol. The van der Waals surface area contributed by atoms with Gasteiger partial charge >= 0.3 is 0 Å². The van der Waals surface area contributed by atoms with Crippen LogP contribution in [0.4, 0.5) is 17.2 Å². The molecular weight excluding hydrogens is 399 g/mol. The van der Waals surface area contributed by atoms with Gasteiger partial charge in [0, 0.05) is 11.9 Å². The number of anilines is 3. The molecule has 5 rings (SSSR count). The van der Waals surface area contributed by atoms with Crippen LogP contribution in [0.25, 0.3) is 11.0 Å². The second-order valence-electron chi connectivity index (χ2n) is 7.19. The number of nitrogens with zero attached hydrogens (tertiary/aromatic N) is 2. The number of carbonyl (C=O) groups is 1. The fourth-order valence-electron chi connectivity index (χ4n) is 4.09. The number of aromatic nitrogens is 3. The molecule has 3 aromatic rings. The Kier molecular flexibility index (Phi) is 4.81. The number of amides is 1. The molecular formula is C19H20Cl2N6O. The summed E-state index contributed by atoms with van der Waals surface area (Å²) in [6.07, 6.45) is 8.57. The van der Waals surface area contributed by atoms with E-state index in [1.54, 1.807) is 6.07 Å². The number of halogens is 2. The third kappa shape index (κ3) is 3.14. The number of nitrogens with one attached hydrogen (secondary N) is 4. The molecule has 1 amide bonds. The number of benzene rings is 1. The predicted molar refractivity (Wildman–Crippen MR) is 113 cm³/mol. The lowest BCUT2D eigenvalue weighted by atomic mass is 9.86. The van der Waals surface area contributed by atoms with Crippen LogP contribution in [0.15, 0.2) is 30.7 Å². The Morgan fingerprint density at radius 3 is 2.75 bits per heavy atom. The predicted octanol–water partition coefficient (Wildman–Crippen LogP) is 4.59. The molecule has 1 fully saturated rings. The molecule has 1 aliphatic heterocycles. The van der Waals surface area contributed by atoms with Gasteiger partial charge in [0.1, 0.15) is 23.5 Å². The molecule has 4 N–H and O–H groups in total. The molecule has 1 aromatic carbocycles. The summed E-state index contributed by atoms with van der Waals surface area (Å²) in [5, 5.41) is 11.3. The van der Waals surface area contributed by atoms with Crippen LogP contribution < -0.4 is 16.0 Å². The molecule has 0 bridgehead atoms. The average molecular weight is 419 g/mol. The van der Waals surface area contributed by atoms with E-state index in [0.29, 0.717) is 16.4 Å². The quantitative estimate of drug-likeness (QED) is 0.487. The summed E-state index contributed by atoms with van der Waals surface area (Å²) in [6.45, 7) is 0. The van der Waals surface area contributed by atoms with Gasteiger partial charge in [0.2, 0.25) is 0 Å². The summed E-state index contributed by atoms with van der Waals surface area (Å²) in [4.78, 5) is 24.3. The van der Waals surface area contributed by atoms with Crippen molar-refractivity contribution in [1.82, 2.24) is 20.3 Å². The fourth-order valence-corrected chi connectivity index (χ4v) is 4.40. The van der Waals surface area contributed by atoms with E-state index < -0.39 is 0 Å². The van der Waals surface area contributed by atoms with Gasteiger partial charge in [-0.3, -0.25) is 4.79 Å². The molecule has 7 nitrogen and oxygen atoms in total. The first-order chi connectivity index (χ1) is 13.1. The topological polar surface area (TPSA) is 94.7 Å². The number of rotatable bonds is 2. The zero-order valence-corrected chi connectivity index (χ0v) is 16.6. The van der Waals surface area contributed by atoms with Gasteiger partial charge in [-0.15, -0.1) is 12.4 Å². The van der Waals surface area contributed by atoms with Crippen molar-refractivity contribution in [2.75, 3.05) is 10.6 Å². The first-order valence-electron chi connectivity index (χ1n) is 9.13. The van der Waals surface area contributed by atoms with Gasteiger partial charge in [0.25, 0.3) is 5.91 Å². The van der Waals surface area contributed by atoms with Crippen LogP contribution in [-0.4, -0.2) is 26.5 Å². The number of fused-ring (bicyclic) bond motifs is 2. The summed E-state index contributed by atoms with van der Waals surface area (Å²) in [5.74, 6) is 0.571. The fraction of sp³-hybridized carbons (Fsp3) is 0.316. The minimum atomic E-state index is -0.368. The molecule has 1 aliphatic carbocycles. The summed E-state index contributed by atoms with van der Waals surface area (Å²) in [7, 11) is 0. The maximum Gasteiger partial charge on any atom is 0.256 e. The lowest BCUT2D eigenvalue weighted by Crippen LogP contribution is -2.58. The summed E-state index contributed by atoms with van der Waals surface area (Å²) in [6, 6.07) is 5.60. The summed E-state index contributed by atoms with van der Waals surface area (Å²) >= 11 is 6.45. The first-order valence-corrected chi connectivity index (χ1v) is 9.51. The number of H-pyrrole nitrogens is 1. The van der Waals surface area contributed by atoms with Gasteiger partial charge in [-0.05, 0) is 43.9 Å². The van der Waals surface area contributed by atoms with Crippen LogP contribution in [0.5, 0.6) is 0 Å². The Morgan fingerprint density at radius 2 is 1.93 bits per heavy atom. The van der Waals surface area contributed by atoms with E-state index in [2.05, 4.69) is 30.9 Å². The molecule has 0 saturated heterocycles. The van der Waals surface area contributed by atoms with Gasteiger partial charge in [0.05, 0.1) is 21.7 Å². The molecule has 0 atom stereocenters. The van der Waals surface area contributed by atoms with Crippen LogP contribution in [-0.2, 0) is 0 Å². The van der Waals surface area contributed by atoms with Crippen LogP contribution in [0.2, 0.25) is 5.02 Å². The van der Waals surface area contributed by atoms with Crippen molar-refractivity contribution >= 4 is 58.1 Å². The van der Waals surface area contributed by atoms with E-state index >= 15 is 0 Å². The number of hydrogen-bond acceptors (Lipinski definition) is 5. The highest BCUT2D eigenvalue weighted by Crippen LogP contribution is 2.39. The normalized spacial score (nSPS) is 17.4. The van der Waals surface area contributed by atoms with Crippen molar-refractivity contribution in [2.24, 2.45) is 0 Å². The van der Waals surface area contributed by atoms with Gasteiger partial charge in [-0.25, -0.2) is 9.97 Å². The standard InChI is InChI=1S/C19H19ClN6O.ClH/c20-13-8-11(24-17-12-4-7-21-16(12)22-10-23-17)9-14-15(13)18(27)26-19(25-14)5-2-1-3-6-19;/h4,7-10,25H,1-3,5-6H2,(H,26,27)(H2,21,22,23,24);1H. The lowest BCUT2D eigenvalue weighted by Gasteiger charge is -2.43.